The van der Waals surface area contributed by atoms with E-state index in [0.717, 1.165) is 44.3 Å². The Morgan fingerprint density at radius 2 is 1.67 bits per heavy atom. The first-order valence-corrected chi connectivity index (χ1v) is 13.2. The van der Waals surface area contributed by atoms with Crippen molar-refractivity contribution >= 4 is 22.7 Å². The number of nitrogens with zero attached hydrogens (tertiary/aromatic N) is 2. The number of hydrogen-bond acceptors (Lipinski definition) is 4. The molecular weight excluding hydrogens is 454 g/mol. The summed E-state index contributed by atoms with van der Waals surface area (Å²) in [5.41, 5.74) is 2.99. The average Bonchev–Trinajstić information content (AvgIpc) is 3.37. The third kappa shape index (κ3) is 5.35. The minimum atomic E-state index is -0.0192. The zero-order valence-corrected chi connectivity index (χ0v) is 21.0. The molecule has 0 spiro atoms. The topological polar surface area (TPSA) is 74.9 Å². The van der Waals surface area contributed by atoms with Gasteiger partial charge in [0.1, 0.15) is 0 Å². The number of aromatic amines is 1. The lowest BCUT2D eigenvalue weighted by Gasteiger charge is -2.32. The molecule has 1 aromatic heterocycles. The summed E-state index contributed by atoms with van der Waals surface area (Å²) in [5.74, 6) is 1.42. The Bertz CT molecular complexity index is 1170. The first kappa shape index (κ1) is 24.2. The summed E-state index contributed by atoms with van der Waals surface area (Å²) in [6.07, 6.45) is 5.13. The zero-order valence-electron chi connectivity index (χ0n) is 21.0. The van der Waals surface area contributed by atoms with Gasteiger partial charge in [0.05, 0.1) is 6.61 Å². The third-order valence-electron chi connectivity index (χ3n) is 7.32. The minimum Gasteiger partial charge on any atom is -0.490 e. The van der Waals surface area contributed by atoms with E-state index in [1.54, 1.807) is 18.2 Å². The smallest absolute Gasteiger partial charge is 0.260 e. The SMILES string of the molecule is CCOc1cc(C(=O)N2CCC(c3cc4ccccc4[nH]3)CC2)ccc1OCC(=O)N1CCCCC1. The van der Waals surface area contributed by atoms with Crippen molar-refractivity contribution in [3.63, 3.8) is 0 Å². The molecule has 0 unspecified atom stereocenters. The molecule has 0 bridgehead atoms. The van der Waals surface area contributed by atoms with Gasteiger partial charge in [-0.2, -0.15) is 0 Å². The highest BCUT2D eigenvalue weighted by molar-refractivity contribution is 5.95. The zero-order chi connectivity index (χ0) is 24.9. The van der Waals surface area contributed by atoms with Crippen molar-refractivity contribution in [3.8, 4) is 11.5 Å². The molecule has 0 atom stereocenters. The Hall–Kier alpha value is -3.48. The number of amides is 2. The average molecular weight is 490 g/mol. The number of fused-ring (bicyclic) bond motifs is 1. The van der Waals surface area contributed by atoms with Gasteiger partial charge in [0.25, 0.3) is 11.8 Å². The highest BCUT2D eigenvalue weighted by atomic mass is 16.5. The number of para-hydroxylation sites is 1. The number of hydrogen-bond donors (Lipinski definition) is 1. The van der Waals surface area contributed by atoms with E-state index in [1.807, 2.05) is 22.8 Å². The van der Waals surface area contributed by atoms with Gasteiger partial charge in [0.2, 0.25) is 0 Å². The lowest BCUT2D eigenvalue weighted by molar-refractivity contribution is -0.134. The normalized spacial score (nSPS) is 16.8. The van der Waals surface area contributed by atoms with Crippen LogP contribution in [0.1, 0.15) is 61.0 Å². The highest BCUT2D eigenvalue weighted by Crippen LogP contribution is 2.32. The van der Waals surface area contributed by atoms with Gasteiger partial charge in [-0.05, 0) is 74.7 Å². The summed E-state index contributed by atoms with van der Waals surface area (Å²) in [5, 5.41) is 1.23. The van der Waals surface area contributed by atoms with Gasteiger partial charge in [-0.15, -0.1) is 0 Å². The standard InChI is InChI=1S/C29H35N3O4/c1-2-35-27-19-23(10-11-26(27)36-20-28(33)31-14-6-3-7-15-31)29(34)32-16-12-21(13-17-32)25-18-22-8-4-5-9-24(22)30-25/h4-5,8-11,18-19,21,30H,2-3,6-7,12-17,20H2,1H3. The van der Waals surface area contributed by atoms with E-state index in [0.29, 0.717) is 42.7 Å². The number of rotatable bonds is 7. The van der Waals surface area contributed by atoms with Crippen LogP contribution in [0.3, 0.4) is 0 Å². The maximum absolute atomic E-state index is 13.3. The molecule has 3 heterocycles. The number of piperidine rings is 2. The number of H-pyrrole nitrogens is 1. The van der Waals surface area contributed by atoms with Gasteiger partial charge in [-0.1, -0.05) is 18.2 Å². The monoisotopic (exact) mass is 489 g/mol. The Morgan fingerprint density at radius 3 is 2.42 bits per heavy atom. The molecule has 2 aliphatic rings. The molecule has 3 aromatic rings. The van der Waals surface area contributed by atoms with Crippen molar-refractivity contribution in [1.29, 1.82) is 0 Å². The number of ether oxygens (including phenoxy) is 2. The van der Waals surface area contributed by atoms with Crippen LogP contribution in [0.2, 0.25) is 0 Å². The van der Waals surface area contributed by atoms with Crippen molar-refractivity contribution in [2.45, 2.75) is 44.9 Å². The van der Waals surface area contributed by atoms with Crippen LogP contribution in [0.15, 0.2) is 48.5 Å². The van der Waals surface area contributed by atoms with Gasteiger partial charge < -0.3 is 24.3 Å². The molecule has 1 N–H and O–H groups in total. The second-order valence-electron chi connectivity index (χ2n) is 9.70. The van der Waals surface area contributed by atoms with Gasteiger partial charge in [-0.3, -0.25) is 9.59 Å². The molecule has 2 amide bonds. The first-order valence-electron chi connectivity index (χ1n) is 13.2. The Labute approximate surface area is 212 Å². The predicted molar refractivity (Wildman–Crippen MR) is 140 cm³/mol. The number of aromatic nitrogens is 1. The van der Waals surface area contributed by atoms with Crippen LogP contribution >= 0.6 is 0 Å². The molecule has 190 valence electrons. The lowest BCUT2D eigenvalue weighted by atomic mass is 9.93. The number of likely N-dealkylation sites (tertiary alicyclic amines) is 2. The van der Waals surface area contributed by atoms with Crippen LogP contribution in [0.4, 0.5) is 0 Å². The second kappa shape index (κ2) is 11.1. The van der Waals surface area contributed by atoms with E-state index in [2.05, 4.69) is 29.2 Å². The number of benzene rings is 2. The van der Waals surface area contributed by atoms with E-state index in [-0.39, 0.29) is 18.4 Å². The van der Waals surface area contributed by atoms with Gasteiger partial charge in [0, 0.05) is 48.9 Å². The van der Waals surface area contributed by atoms with Crippen LogP contribution in [0, 0.1) is 0 Å². The van der Waals surface area contributed by atoms with Crippen molar-refractivity contribution in [3.05, 3.63) is 59.8 Å². The molecule has 0 aliphatic carbocycles. The van der Waals surface area contributed by atoms with E-state index in [4.69, 9.17) is 9.47 Å². The molecule has 7 nitrogen and oxygen atoms in total. The van der Waals surface area contributed by atoms with E-state index >= 15 is 0 Å². The molecule has 0 saturated carbocycles. The summed E-state index contributed by atoms with van der Waals surface area (Å²) < 4.78 is 11.6. The third-order valence-corrected chi connectivity index (χ3v) is 7.32. The van der Waals surface area contributed by atoms with E-state index in [1.165, 1.54) is 17.5 Å². The summed E-state index contributed by atoms with van der Waals surface area (Å²) in [7, 11) is 0. The molecule has 0 radical (unpaired) electrons. The van der Waals surface area contributed by atoms with Crippen LogP contribution < -0.4 is 9.47 Å². The molecule has 2 aromatic carbocycles. The van der Waals surface area contributed by atoms with Gasteiger partial charge in [0.15, 0.2) is 18.1 Å². The summed E-state index contributed by atoms with van der Waals surface area (Å²) in [6, 6.07) is 15.8. The van der Waals surface area contributed by atoms with Gasteiger partial charge in [-0.25, -0.2) is 0 Å². The maximum atomic E-state index is 13.3. The number of carbonyl (C=O) groups excluding carboxylic acids is 2. The fraction of sp³-hybridized carbons (Fsp3) is 0.448. The summed E-state index contributed by atoms with van der Waals surface area (Å²) >= 11 is 0. The Morgan fingerprint density at radius 1 is 0.889 bits per heavy atom. The first-order chi connectivity index (χ1) is 17.6. The molecule has 5 rings (SSSR count). The molecule has 7 heteroatoms. The fourth-order valence-corrected chi connectivity index (χ4v) is 5.29. The lowest BCUT2D eigenvalue weighted by Crippen LogP contribution is -2.38. The Balaban J connectivity index is 1.20. The maximum Gasteiger partial charge on any atom is 0.260 e. The largest absolute Gasteiger partial charge is 0.490 e. The Kier molecular flexibility index (Phi) is 7.44. The number of carbonyl (C=O) groups is 2. The number of nitrogens with one attached hydrogen (secondary N) is 1. The molecule has 2 saturated heterocycles. The highest BCUT2D eigenvalue weighted by Gasteiger charge is 2.26. The quantitative estimate of drug-likeness (QED) is 0.508. The molecule has 2 fully saturated rings. The van der Waals surface area contributed by atoms with Crippen molar-refractivity contribution in [2.24, 2.45) is 0 Å². The van der Waals surface area contributed by atoms with Crippen LogP contribution in [-0.4, -0.2) is 66.0 Å². The second-order valence-corrected chi connectivity index (χ2v) is 9.70. The van der Waals surface area contributed by atoms with Crippen molar-refractivity contribution < 1.29 is 19.1 Å². The van der Waals surface area contributed by atoms with E-state index in [9.17, 15) is 9.59 Å². The summed E-state index contributed by atoms with van der Waals surface area (Å²) in [6.45, 7) is 5.34. The van der Waals surface area contributed by atoms with Crippen molar-refractivity contribution in [1.82, 2.24) is 14.8 Å². The fourth-order valence-electron chi connectivity index (χ4n) is 5.29. The van der Waals surface area contributed by atoms with Gasteiger partial charge >= 0.3 is 0 Å². The van der Waals surface area contributed by atoms with Crippen LogP contribution in [0.25, 0.3) is 10.9 Å². The minimum absolute atomic E-state index is 0.00185. The van der Waals surface area contributed by atoms with E-state index < -0.39 is 0 Å². The molecule has 2 aliphatic heterocycles. The van der Waals surface area contributed by atoms with Crippen LogP contribution in [0.5, 0.6) is 11.5 Å². The predicted octanol–water partition coefficient (Wildman–Crippen LogP) is 4.98. The van der Waals surface area contributed by atoms with Crippen LogP contribution in [-0.2, 0) is 4.79 Å². The summed E-state index contributed by atoms with van der Waals surface area (Å²) in [4.78, 5) is 33.1. The van der Waals surface area contributed by atoms with Crippen molar-refractivity contribution in [2.75, 3.05) is 39.4 Å². The molecule has 36 heavy (non-hydrogen) atoms. The molecular formula is C29H35N3O4.